The van der Waals surface area contributed by atoms with Crippen LogP contribution in [0.3, 0.4) is 0 Å². The van der Waals surface area contributed by atoms with Gasteiger partial charge in [-0.1, -0.05) is 0 Å². The van der Waals surface area contributed by atoms with Gasteiger partial charge in [0, 0.05) is 18.9 Å². The first kappa shape index (κ1) is 12.2. The van der Waals surface area contributed by atoms with Crippen LogP contribution in [0.25, 0.3) is 0 Å². The lowest BCUT2D eigenvalue weighted by Crippen LogP contribution is -2.09. The number of aliphatic hydroxyl groups excluding tert-OH is 1. The molecule has 4 heteroatoms. The van der Waals surface area contributed by atoms with Crippen LogP contribution in [-0.2, 0) is 17.7 Å². The molecule has 1 heterocycles. The van der Waals surface area contributed by atoms with Crippen molar-refractivity contribution >= 4 is 0 Å². The standard InChI is InChI=1S/C11H20N2O2/c1-4-15-8-6-13-10(3)11(5-7-14)9(2)12-13/h14H,4-8H2,1-3H3. The minimum absolute atomic E-state index is 0.179. The zero-order valence-corrected chi connectivity index (χ0v) is 9.79. The third-order valence-electron chi connectivity index (χ3n) is 2.54. The second-order valence-electron chi connectivity index (χ2n) is 3.54. The van der Waals surface area contributed by atoms with Crippen molar-refractivity contribution < 1.29 is 9.84 Å². The average molecular weight is 212 g/mol. The molecule has 0 saturated heterocycles. The van der Waals surface area contributed by atoms with Crippen molar-refractivity contribution in [1.29, 1.82) is 0 Å². The van der Waals surface area contributed by atoms with E-state index < -0.39 is 0 Å². The summed E-state index contributed by atoms with van der Waals surface area (Å²) < 4.78 is 7.25. The van der Waals surface area contributed by atoms with Gasteiger partial charge < -0.3 is 9.84 Å². The fourth-order valence-electron chi connectivity index (χ4n) is 1.72. The number of nitrogens with zero attached hydrogens (tertiary/aromatic N) is 2. The van der Waals surface area contributed by atoms with Crippen molar-refractivity contribution in [2.75, 3.05) is 19.8 Å². The summed E-state index contributed by atoms with van der Waals surface area (Å²) in [6.07, 6.45) is 0.687. The Bertz CT molecular complexity index is 308. The Balaban J connectivity index is 2.68. The van der Waals surface area contributed by atoms with E-state index in [0.29, 0.717) is 13.0 Å². The summed E-state index contributed by atoms with van der Waals surface area (Å²) in [6.45, 7) is 8.40. The molecular weight excluding hydrogens is 192 g/mol. The number of aliphatic hydroxyl groups is 1. The molecule has 0 aliphatic carbocycles. The minimum Gasteiger partial charge on any atom is -0.396 e. The van der Waals surface area contributed by atoms with Crippen LogP contribution in [-0.4, -0.2) is 34.7 Å². The molecule has 0 aliphatic rings. The largest absolute Gasteiger partial charge is 0.396 e. The second kappa shape index (κ2) is 5.88. The first-order valence-electron chi connectivity index (χ1n) is 5.42. The van der Waals surface area contributed by atoms with E-state index in [1.54, 1.807) is 0 Å². The van der Waals surface area contributed by atoms with E-state index in [-0.39, 0.29) is 6.61 Å². The predicted octanol–water partition coefficient (Wildman–Crippen LogP) is 1.07. The Morgan fingerprint density at radius 3 is 2.73 bits per heavy atom. The molecule has 0 spiro atoms. The molecule has 15 heavy (non-hydrogen) atoms. The SMILES string of the molecule is CCOCCn1nc(C)c(CCO)c1C. The molecule has 0 amide bonds. The van der Waals surface area contributed by atoms with Gasteiger partial charge in [0.1, 0.15) is 0 Å². The van der Waals surface area contributed by atoms with Crippen molar-refractivity contribution in [3.63, 3.8) is 0 Å². The molecule has 0 fully saturated rings. The van der Waals surface area contributed by atoms with Gasteiger partial charge in [0.2, 0.25) is 0 Å². The Kier molecular flexibility index (Phi) is 4.78. The summed E-state index contributed by atoms with van der Waals surface area (Å²) in [4.78, 5) is 0. The highest BCUT2D eigenvalue weighted by Gasteiger charge is 2.10. The molecule has 0 radical (unpaired) electrons. The first-order chi connectivity index (χ1) is 7.20. The summed E-state index contributed by atoms with van der Waals surface area (Å²) in [5.74, 6) is 0. The molecule has 1 N–H and O–H groups in total. The van der Waals surface area contributed by atoms with Crippen molar-refractivity contribution in [3.05, 3.63) is 17.0 Å². The minimum atomic E-state index is 0.179. The van der Waals surface area contributed by atoms with Gasteiger partial charge in [0.25, 0.3) is 0 Å². The quantitative estimate of drug-likeness (QED) is 0.718. The summed E-state index contributed by atoms with van der Waals surface area (Å²) >= 11 is 0. The smallest absolute Gasteiger partial charge is 0.0662 e. The van der Waals surface area contributed by atoms with E-state index in [4.69, 9.17) is 9.84 Å². The fourth-order valence-corrected chi connectivity index (χ4v) is 1.72. The van der Waals surface area contributed by atoms with Gasteiger partial charge in [0.15, 0.2) is 0 Å². The number of rotatable bonds is 6. The summed E-state index contributed by atoms with van der Waals surface area (Å²) in [6, 6.07) is 0. The van der Waals surface area contributed by atoms with E-state index in [0.717, 1.165) is 30.1 Å². The summed E-state index contributed by atoms with van der Waals surface area (Å²) in [5.41, 5.74) is 3.31. The molecule has 0 unspecified atom stereocenters. The van der Waals surface area contributed by atoms with Gasteiger partial charge in [-0.15, -0.1) is 0 Å². The normalized spacial score (nSPS) is 10.9. The lowest BCUT2D eigenvalue weighted by atomic mass is 10.1. The summed E-state index contributed by atoms with van der Waals surface area (Å²) in [7, 11) is 0. The maximum atomic E-state index is 8.93. The average Bonchev–Trinajstić information content (AvgIpc) is 2.47. The molecule has 0 atom stereocenters. The number of aryl methyl sites for hydroxylation is 1. The van der Waals surface area contributed by atoms with Crippen LogP contribution in [0.15, 0.2) is 0 Å². The Hall–Kier alpha value is -0.870. The van der Waals surface area contributed by atoms with E-state index in [2.05, 4.69) is 5.10 Å². The third kappa shape index (κ3) is 3.04. The number of ether oxygens (including phenoxy) is 1. The molecular formula is C11H20N2O2. The van der Waals surface area contributed by atoms with Gasteiger partial charge in [-0.25, -0.2) is 0 Å². The Labute approximate surface area is 90.9 Å². The van der Waals surface area contributed by atoms with Gasteiger partial charge in [-0.3, -0.25) is 4.68 Å². The highest BCUT2D eigenvalue weighted by atomic mass is 16.5. The van der Waals surface area contributed by atoms with Gasteiger partial charge in [0.05, 0.1) is 18.8 Å². The van der Waals surface area contributed by atoms with Crippen LogP contribution in [0.5, 0.6) is 0 Å². The van der Waals surface area contributed by atoms with Crippen molar-refractivity contribution in [2.45, 2.75) is 33.7 Å². The topological polar surface area (TPSA) is 47.3 Å². The molecule has 1 aromatic heterocycles. The maximum absolute atomic E-state index is 8.93. The molecule has 0 aromatic carbocycles. The summed E-state index contributed by atoms with van der Waals surface area (Å²) in [5, 5.41) is 13.4. The zero-order valence-electron chi connectivity index (χ0n) is 9.79. The zero-order chi connectivity index (χ0) is 11.3. The highest BCUT2D eigenvalue weighted by molar-refractivity contribution is 5.24. The van der Waals surface area contributed by atoms with Crippen LogP contribution in [0.1, 0.15) is 23.9 Å². The maximum Gasteiger partial charge on any atom is 0.0662 e. The van der Waals surface area contributed by atoms with Crippen molar-refractivity contribution in [2.24, 2.45) is 0 Å². The molecule has 86 valence electrons. The Morgan fingerprint density at radius 2 is 2.13 bits per heavy atom. The van der Waals surface area contributed by atoms with Crippen LogP contribution >= 0.6 is 0 Å². The van der Waals surface area contributed by atoms with E-state index in [1.165, 1.54) is 0 Å². The lowest BCUT2D eigenvalue weighted by molar-refractivity contribution is 0.135. The Morgan fingerprint density at radius 1 is 1.40 bits per heavy atom. The molecule has 0 bridgehead atoms. The molecule has 0 saturated carbocycles. The van der Waals surface area contributed by atoms with Gasteiger partial charge >= 0.3 is 0 Å². The first-order valence-corrected chi connectivity index (χ1v) is 5.42. The third-order valence-corrected chi connectivity index (χ3v) is 2.54. The lowest BCUT2D eigenvalue weighted by Gasteiger charge is -2.05. The van der Waals surface area contributed by atoms with E-state index in [9.17, 15) is 0 Å². The molecule has 0 aliphatic heterocycles. The number of aromatic nitrogens is 2. The van der Waals surface area contributed by atoms with Gasteiger partial charge in [-0.2, -0.15) is 5.10 Å². The van der Waals surface area contributed by atoms with Crippen molar-refractivity contribution in [1.82, 2.24) is 9.78 Å². The fraction of sp³-hybridized carbons (Fsp3) is 0.727. The molecule has 1 rings (SSSR count). The highest BCUT2D eigenvalue weighted by Crippen LogP contribution is 2.13. The van der Waals surface area contributed by atoms with Crippen LogP contribution in [0.4, 0.5) is 0 Å². The van der Waals surface area contributed by atoms with E-state index >= 15 is 0 Å². The van der Waals surface area contributed by atoms with E-state index in [1.807, 2.05) is 25.5 Å². The number of hydrogen-bond acceptors (Lipinski definition) is 3. The van der Waals surface area contributed by atoms with Crippen LogP contribution < -0.4 is 0 Å². The molecule has 4 nitrogen and oxygen atoms in total. The van der Waals surface area contributed by atoms with Gasteiger partial charge in [-0.05, 0) is 32.8 Å². The second-order valence-corrected chi connectivity index (χ2v) is 3.54. The van der Waals surface area contributed by atoms with Crippen molar-refractivity contribution in [3.8, 4) is 0 Å². The molecule has 1 aromatic rings. The van der Waals surface area contributed by atoms with Crippen LogP contribution in [0, 0.1) is 13.8 Å². The van der Waals surface area contributed by atoms with Crippen LogP contribution in [0.2, 0.25) is 0 Å². The monoisotopic (exact) mass is 212 g/mol. The predicted molar refractivity (Wildman–Crippen MR) is 59.0 cm³/mol. The number of hydrogen-bond donors (Lipinski definition) is 1.